The molecule has 0 aliphatic carbocycles. The van der Waals surface area contributed by atoms with Gasteiger partial charge in [-0.3, -0.25) is 9.59 Å². The molecule has 1 heterocycles. The predicted octanol–water partition coefficient (Wildman–Crippen LogP) is 4.83. The number of para-hydroxylation sites is 1. The van der Waals surface area contributed by atoms with Gasteiger partial charge in [0.2, 0.25) is 11.8 Å². The van der Waals surface area contributed by atoms with Crippen molar-refractivity contribution in [1.82, 2.24) is 25.2 Å². The molecule has 1 N–H and O–H groups in total. The van der Waals surface area contributed by atoms with Crippen LogP contribution in [0.25, 0.3) is 11.0 Å². The van der Waals surface area contributed by atoms with E-state index in [9.17, 15) is 9.59 Å². The van der Waals surface area contributed by atoms with Crippen molar-refractivity contribution in [2.75, 3.05) is 0 Å². The van der Waals surface area contributed by atoms with Gasteiger partial charge >= 0.3 is 0 Å². The number of aromatic nitrogens is 3. The van der Waals surface area contributed by atoms with Gasteiger partial charge in [-0.15, -0.1) is 5.10 Å². The first-order valence-electron chi connectivity index (χ1n) is 12.6. The van der Waals surface area contributed by atoms with E-state index in [1.807, 2.05) is 116 Å². The topological polar surface area (TPSA) is 80.1 Å². The molecule has 7 nitrogen and oxygen atoms in total. The number of aryl methyl sites for hydroxylation is 1. The number of hydrogen-bond donors (Lipinski definition) is 1. The lowest BCUT2D eigenvalue weighted by Crippen LogP contribution is -2.44. The third-order valence-electron chi connectivity index (χ3n) is 6.57. The second-order valence-electron chi connectivity index (χ2n) is 9.21. The molecule has 0 saturated heterocycles. The molecule has 5 rings (SSSR count). The molecule has 0 radical (unpaired) electrons. The van der Waals surface area contributed by atoms with Gasteiger partial charge in [-0.25, -0.2) is 4.68 Å². The van der Waals surface area contributed by atoms with Crippen LogP contribution in [0.4, 0.5) is 0 Å². The second kappa shape index (κ2) is 11.5. The van der Waals surface area contributed by atoms with Crippen LogP contribution in [0.15, 0.2) is 109 Å². The van der Waals surface area contributed by atoms with Crippen molar-refractivity contribution in [3.8, 4) is 0 Å². The van der Waals surface area contributed by atoms with Crippen LogP contribution in [0.5, 0.6) is 0 Å². The first-order valence-corrected chi connectivity index (χ1v) is 12.6. The van der Waals surface area contributed by atoms with E-state index in [0.29, 0.717) is 12.1 Å². The Morgan fingerprint density at radius 2 is 1.45 bits per heavy atom. The van der Waals surface area contributed by atoms with Gasteiger partial charge in [-0.05, 0) is 41.3 Å². The van der Waals surface area contributed by atoms with Crippen molar-refractivity contribution in [2.24, 2.45) is 0 Å². The van der Waals surface area contributed by atoms with Crippen LogP contribution in [-0.2, 0) is 29.2 Å². The zero-order valence-electron chi connectivity index (χ0n) is 21.2. The van der Waals surface area contributed by atoms with Crippen LogP contribution in [0, 0.1) is 6.92 Å². The van der Waals surface area contributed by atoms with Crippen LogP contribution in [0.2, 0.25) is 0 Å². The van der Waals surface area contributed by atoms with Crippen molar-refractivity contribution in [1.29, 1.82) is 0 Å². The van der Waals surface area contributed by atoms with E-state index >= 15 is 0 Å². The Morgan fingerprint density at radius 3 is 2.18 bits per heavy atom. The molecule has 2 amide bonds. The standard InChI is InChI=1S/C31H29N5O2/c1-23-12-8-9-17-26(23)30(31(38)32-20-24-13-4-2-5-14-24)35(21-25-15-6-3-7-16-25)29(37)22-36-28-19-11-10-18-27(28)33-34-36/h2-19,30H,20-22H2,1H3,(H,32,38)/t30-/m0/s1. The van der Waals surface area contributed by atoms with Crippen molar-refractivity contribution in [3.05, 3.63) is 131 Å². The van der Waals surface area contributed by atoms with E-state index in [2.05, 4.69) is 15.6 Å². The number of nitrogens with one attached hydrogen (secondary N) is 1. The van der Waals surface area contributed by atoms with Crippen LogP contribution < -0.4 is 5.32 Å². The molecule has 0 fully saturated rings. The van der Waals surface area contributed by atoms with Crippen LogP contribution in [-0.4, -0.2) is 31.7 Å². The van der Waals surface area contributed by atoms with Crippen LogP contribution in [0.3, 0.4) is 0 Å². The van der Waals surface area contributed by atoms with Gasteiger partial charge in [0.15, 0.2) is 0 Å². The number of hydrogen-bond acceptors (Lipinski definition) is 4. The summed E-state index contributed by atoms with van der Waals surface area (Å²) in [4.78, 5) is 29.5. The Morgan fingerprint density at radius 1 is 0.816 bits per heavy atom. The summed E-state index contributed by atoms with van der Waals surface area (Å²) in [5.41, 5.74) is 5.11. The monoisotopic (exact) mass is 503 g/mol. The quantitative estimate of drug-likeness (QED) is 0.313. The first-order chi connectivity index (χ1) is 18.6. The molecule has 190 valence electrons. The molecule has 4 aromatic carbocycles. The lowest BCUT2D eigenvalue weighted by molar-refractivity contribution is -0.142. The number of carbonyl (C=O) groups excluding carboxylic acids is 2. The summed E-state index contributed by atoms with van der Waals surface area (Å²) in [5.74, 6) is -0.469. The summed E-state index contributed by atoms with van der Waals surface area (Å²) >= 11 is 0. The Bertz CT molecular complexity index is 1530. The van der Waals surface area contributed by atoms with Gasteiger partial charge in [0.05, 0.1) is 5.52 Å². The summed E-state index contributed by atoms with van der Waals surface area (Å²) in [6.45, 7) is 2.55. The largest absolute Gasteiger partial charge is 0.350 e. The van der Waals surface area contributed by atoms with Gasteiger partial charge in [-0.1, -0.05) is 102 Å². The maximum atomic E-state index is 14.0. The molecule has 0 aliphatic rings. The molecule has 7 heteroatoms. The minimum atomic E-state index is -0.831. The maximum absolute atomic E-state index is 14.0. The summed E-state index contributed by atoms with van der Waals surface area (Å²) in [6, 6.07) is 33.9. The van der Waals surface area contributed by atoms with E-state index < -0.39 is 6.04 Å². The molecule has 38 heavy (non-hydrogen) atoms. The van der Waals surface area contributed by atoms with E-state index in [4.69, 9.17) is 0 Å². The van der Waals surface area contributed by atoms with Crippen molar-refractivity contribution in [2.45, 2.75) is 32.6 Å². The Labute approximate surface area is 221 Å². The highest BCUT2D eigenvalue weighted by Crippen LogP contribution is 2.27. The van der Waals surface area contributed by atoms with Crippen molar-refractivity contribution in [3.63, 3.8) is 0 Å². The molecular weight excluding hydrogens is 474 g/mol. The molecule has 0 bridgehead atoms. The third kappa shape index (κ3) is 5.62. The lowest BCUT2D eigenvalue weighted by atomic mass is 9.98. The maximum Gasteiger partial charge on any atom is 0.247 e. The smallest absolute Gasteiger partial charge is 0.247 e. The number of benzene rings is 4. The molecular formula is C31H29N5O2. The fourth-order valence-corrected chi connectivity index (χ4v) is 4.58. The van der Waals surface area contributed by atoms with E-state index in [1.165, 1.54) is 0 Å². The number of nitrogens with zero attached hydrogens (tertiary/aromatic N) is 4. The minimum absolute atomic E-state index is 0.0400. The lowest BCUT2D eigenvalue weighted by Gasteiger charge is -2.32. The molecule has 0 saturated carbocycles. The highest BCUT2D eigenvalue weighted by atomic mass is 16.2. The van der Waals surface area contributed by atoms with Crippen LogP contribution >= 0.6 is 0 Å². The zero-order valence-corrected chi connectivity index (χ0v) is 21.2. The van der Waals surface area contributed by atoms with E-state index in [-0.39, 0.29) is 24.9 Å². The second-order valence-corrected chi connectivity index (χ2v) is 9.21. The highest BCUT2D eigenvalue weighted by molar-refractivity contribution is 5.89. The average molecular weight is 504 g/mol. The SMILES string of the molecule is Cc1ccccc1[C@@H](C(=O)NCc1ccccc1)N(Cc1ccccc1)C(=O)Cn1nnc2ccccc21. The fraction of sp³-hybridized carbons (Fsp3) is 0.161. The number of fused-ring (bicyclic) bond motifs is 1. The van der Waals surface area contributed by atoms with Crippen molar-refractivity contribution >= 4 is 22.8 Å². The zero-order chi connectivity index (χ0) is 26.3. The number of rotatable bonds is 9. The third-order valence-corrected chi connectivity index (χ3v) is 6.57. The minimum Gasteiger partial charge on any atom is -0.350 e. The summed E-state index contributed by atoms with van der Waals surface area (Å²) in [7, 11) is 0. The summed E-state index contributed by atoms with van der Waals surface area (Å²) < 4.78 is 1.59. The van der Waals surface area contributed by atoms with Gasteiger partial charge in [-0.2, -0.15) is 0 Å². The van der Waals surface area contributed by atoms with Gasteiger partial charge < -0.3 is 10.2 Å². The van der Waals surface area contributed by atoms with Crippen LogP contribution in [0.1, 0.15) is 28.3 Å². The summed E-state index contributed by atoms with van der Waals surface area (Å²) in [6.07, 6.45) is 0. The normalized spacial score (nSPS) is 11.7. The fourth-order valence-electron chi connectivity index (χ4n) is 4.58. The molecule has 5 aromatic rings. The first kappa shape index (κ1) is 24.9. The Kier molecular flexibility index (Phi) is 7.54. The van der Waals surface area contributed by atoms with E-state index in [1.54, 1.807) is 9.58 Å². The Hall–Kier alpha value is -4.78. The van der Waals surface area contributed by atoms with Crippen molar-refractivity contribution < 1.29 is 9.59 Å². The molecule has 0 unspecified atom stereocenters. The molecule has 0 spiro atoms. The highest BCUT2D eigenvalue weighted by Gasteiger charge is 2.33. The van der Waals surface area contributed by atoms with Gasteiger partial charge in [0.25, 0.3) is 0 Å². The molecule has 1 atom stereocenters. The van der Waals surface area contributed by atoms with Gasteiger partial charge in [0.1, 0.15) is 18.1 Å². The predicted molar refractivity (Wildman–Crippen MR) is 147 cm³/mol. The van der Waals surface area contributed by atoms with E-state index in [0.717, 1.165) is 27.8 Å². The summed E-state index contributed by atoms with van der Waals surface area (Å²) in [5, 5.41) is 11.5. The Balaban J connectivity index is 1.52. The molecule has 0 aliphatic heterocycles. The number of carbonyl (C=O) groups is 2. The average Bonchev–Trinajstić information content (AvgIpc) is 3.36. The van der Waals surface area contributed by atoms with Gasteiger partial charge in [0, 0.05) is 13.1 Å². The molecule has 1 aromatic heterocycles. The number of amides is 2.